The second kappa shape index (κ2) is 4.59. The van der Waals surface area contributed by atoms with Gasteiger partial charge in [-0.3, -0.25) is 0 Å². The molecule has 0 spiro atoms. The number of hydrogen-bond acceptors (Lipinski definition) is 2. The number of carboxylic acids is 1. The molecule has 0 aliphatic rings. The van der Waals surface area contributed by atoms with Crippen LogP contribution in [0.25, 0.3) is 0 Å². The molecule has 0 radical (unpaired) electrons. The van der Waals surface area contributed by atoms with Gasteiger partial charge < -0.3 is 10.2 Å². The molecule has 3 nitrogen and oxygen atoms in total. The van der Waals surface area contributed by atoms with E-state index in [4.69, 9.17) is 10.2 Å². The van der Waals surface area contributed by atoms with Crippen molar-refractivity contribution in [2.75, 3.05) is 0 Å². The van der Waals surface area contributed by atoms with Gasteiger partial charge in [0, 0.05) is 0 Å². The summed E-state index contributed by atoms with van der Waals surface area (Å²) >= 11 is 0. The maximum Gasteiger partial charge on any atom is 0.397 e. The number of alkyl halides is 3. The standard InChI is InChI=1S/C10H13F3O3/c1-6(14)7(8(15)16)4-5-9(2,3)10(11,12)13/h4-5,14H,1-3H3,(H,15,16)/b5-4-,7-6-. The molecule has 0 aliphatic heterocycles. The Morgan fingerprint density at radius 1 is 1.19 bits per heavy atom. The van der Waals surface area contributed by atoms with E-state index < -0.39 is 28.9 Å². The van der Waals surface area contributed by atoms with Crippen molar-refractivity contribution < 1.29 is 28.2 Å². The van der Waals surface area contributed by atoms with Crippen LogP contribution in [0.1, 0.15) is 20.8 Å². The van der Waals surface area contributed by atoms with Crippen molar-refractivity contribution in [3.8, 4) is 0 Å². The number of aliphatic hydroxyl groups is 1. The Hall–Kier alpha value is -1.46. The molecule has 0 rings (SSSR count). The van der Waals surface area contributed by atoms with Gasteiger partial charge in [-0.15, -0.1) is 0 Å². The van der Waals surface area contributed by atoms with E-state index in [1.54, 1.807) is 0 Å². The van der Waals surface area contributed by atoms with Gasteiger partial charge in [0.1, 0.15) is 5.76 Å². The summed E-state index contributed by atoms with van der Waals surface area (Å²) in [6.45, 7) is 2.92. The summed E-state index contributed by atoms with van der Waals surface area (Å²) < 4.78 is 37.2. The number of rotatable bonds is 3. The van der Waals surface area contributed by atoms with E-state index >= 15 is 0 Å². The number of halogens is 3. The lowest BCUT2D eigenvalue weighted by atomic mass is 9.91. The van der Waals surface area contributed by atoms with E-state index in [9.17, 15) is 18.0 Å². The number of allylic oxidation sites excluding steroid dienone is 2. The van der Waals surface area contributed by atoms with Crippen molar-refractivity contribution in [2.45, 2.75) is 26.9 Å². The van der Waals surface area contributed by atoms with E-state index in [1.165, 1.54) is 0 Å². The van der Waals surface area contributed by atoms with Crippen LogP contribution in [-0.4, -0.2) is 22.4 Å². The van der Waals surface area contributed by atoms with Crippen LogP contribution in [0.2, 0.25) is 0 Å². The Balaban J connectivity index is 5.13. The maximum absolute atomic E-state index is 12.4. The summed E-state index contributed by atoms with van der Waals surface area (Å²) in [5.74, 6) is -2.02. The van der Waals surface area contributed by atoms with Crippen LogP contribution < -0.4 is 0 Å². The fourth-order valence-electron chi connectivity index (χ4n) is 0.733. The van der Waals surface area contributed by atoms with Gasteiger partial charge in [0.05, 0.1) is 11.0 Å². The molecule has 0 heterocycles. The van der Waals surface area contributed by atoms with Gasteiger partial charge in [0.2, 0.25) is 0 Å². The van der Waals surface area contributed by atoms with Crippen LogP contribution in [0.3, 0.4) is 0 Å². The fraction of sp³-hybridized carbons (Fsp3) is 0.500. The van der Waals surface area contributed by atoms with E-state index in [0.29, 0.717) is 6.08 Å². The lowest BCUT2D eigenvalue weighted by Gasteiger charge is -2.23. The zero-order valence-corrected chi connectivity index (χ0v) is 9.09. The molecular weight excluding hydrogens is 225 g/mol. The first kappa shape index (κ1) is 14.5. The second-order valence-electron chi connectivity index (χ2n) is 3.86. The number of aliphatic carboxylic acids is 1. The highest BCUT2D eigenvalue weighted by molar-refractivity contribution is 5.90. The summed E-state index contributed by atoms with van der Waals surface area (Å²) in [6.07, 6.45) is -3.02. The first-order chi connectivity index (χ1) is 6.99. The number of carboxylic acid groups (broad SMARTS) is 1. The zero-order valence-electron chi connectivity index (χ0n) is 9.09. The van der Waals surface area contributed by atoms with Crippen molar-refractivity contribution in [1.82, 2.24) is 0 Å². The molecule has 0 aromatic rings. The second-order valence-corrected chi connectivity index (χ2v) is 3.86. The lowest BCUT2D eigenvalue weighted by molar-refractivity contribution is -0.193. The van der Waals surface area contributed by atoms with E-state index in [2.05, 4.69) is 0 Å². The molecule has 16 heavy (non-hydrogen) atoms. The highest BCUT2D eigenvalue weighted by Crippen LogP contribution is 2.38. The van der Waals surface area contributed by atoms with Crippen LogP contribution in [0, 0.1) is 5.41 Å². The minimum atomic E-state index is -4.48. The van der Waals surface area contributed by atoms with Crippen molar-refractivity contribution in [3.63, 3.8) is 0 Å². The van der Waals surface area contributed by atoms with Gasteiger partial charge >= 0.3 is 12.1 Å². The monoisotopic (exact) mass is 238 g/mol. The van der Waals surface area contributed by atoms with Crippen molar-refractivity contribution in [1.29, 1.82) is 0 Å². The quantitative estimate of drug-likeness (QED) is 0.451. The van der Waals surface area contributed by atoms with Crippen LogP contribution in [0.4, 0.5) is 13.2 Å². The predicted octanol–water partition coefficient (Wildman–Crippen LogP) is 3.05. The highest BCUT2D eigenvalue weighted by atomic mass is 19.4. The normalized spacial score (nSPS) is 15.1. The van der Waals surface area contributed by atoms with Crippen molar-refractivity contribution >= 4 is 5.97 Å². The summed E-state index contributed by atoms with van der Waals surface area (Å²) in [5, 5.41) is 17.5. The third-order valence-corrected chi connectivity index (χ3v) is 2.02. The average molecular weight is 238 g/mol. The van der Waals surface area contributed by atoms with Crippen LogP contribution in [0.15, 0.2) is 23.5 Å². The molecule has 92 valence electrons. The lowest BCUT2D eigenvalue weighted by Crippen LogP contribution is -2.29. The molecule has 0 atom stereocenters. The molecule has 0 saturated carbocycles. The first-order valence-corrected chi connectivity index (χ1v) is 4.38. The molecule has 0 bridgehead atoms. The molecule has 0 aliphatic carbocycles. The van der Waals surface area contributed by atoms with Gasteiger partial charge in [-0.1, -0.05) is 6.08 Å². The van der Waals surface area contributed by atoms with Crippen LogP contribution in [0.5, 0.6) is 0 Å². The largest absolute Gasteiger partial charge is 0.512 e. The molecule has 0 unspecified atom stereocenters. The first-order valence-electron chi connectivity index (χ1n) is 4.38. The summed E-state index contributed by atoms with van der Waals surface area (Å²) in [7, 11) is 0. The Kier molecular flexibility index (Phi) is 4.17. The molecule has 0 amide bonds. The molecule has 0 fully saturated rings. The third-order valence-electron chi connectivity index (χ3n) is 2.02. The van der Waals surface area contributed by atoms with Crippen molar-refractivity contribution in [2.24, 2.45) is 5.41 Å². The zero-order chi connectivity index (χ0) is 13.1. The van der Waals surface area contributed by atoms with Gasteiger partial charge in [-0.05, 0) is 26.8 Å². The number of carbonyl (C=O) groups is 1. The van der Waals surface area contributed by atoms with Gasteiger partial charge in [0.15, 0.2) is 0 Å². The predicted molar refractivity (Wildman–Crippen MR) is 51.9 cm³/mol. The molecule has 0 aromatic carbocycles. The fourth-order valence-corrected chi connectivity index (χ4v) is 0.733. The van der Waals surface area contributed by atoms with E-state index in [1.807, 2.05) is 0 Å². The van der Waals surface area contributed by atoms with Gasteiger partial charge in [-0.25, -0.2) is 4.79 Å². The summed E-state index contributed by atoms with van der Waals surface area (Å²) in [4.78, 5) is 10.6. The van der Waals surface area contributed by atoms with E-state index in [-0.39, 0.29) is 0 Å². The average Bonchev–Trinajstić information content (AvgIpc) is 1.99. The van der Waals surface area contributed by atoms with Crippen LogP contribution in [-0.2, 0) is 4.79 Å². The molecule has 6 heteroatoms. The highest BCUT2D eigenvalue weighted by Gasteiger charge is 2.45. The Bertz CT molecular complexity index is 334. The molecule has 0 saturated heterocycles. The summed E-state index contributed by atoms with van der Waals surface area (Å²) in [5.41, 5.74) is -2.71. The Morgan fingerprint density at radius 3 is 1.88 bits per heavy atom. The number of aliphatic hydroxyl groups excluding tert-OH is 1. The third kappa shape index (κ3) is 3.60. The smallest absolute Gasteiger partial charge is 0.397 e. The van der Waals surface area contributed by atoms with Crippen molar-refractivity contribution in [3.05, 3.63) is 23.5 Å². The minimum Gasteiger partial charge on any atom is -0.512 e. The van der Waals surface area contributed by atoms with Crippen LogP contribution >= 0.6 is 0 Å². The van der Waals surface area contributed by atoms with E-state index in [0.717, 1.165) is 26.8 Å². The Morgan fingerprint density at radius 2 is 1.62 bits per heavy atom. The maximum atomic E-state index is 12.4. The molecule has 2 N–H and O–H groups in total. The minimum absolute atomic E-state index is 0.540. The number of hydrogen-bond donors (Lipinski definition) is 2. The SMILES string of the molecule is C/C(O)=C(\C=C/C(C)(C)C(F)(F)F)C(=O)O. The Labute approximate surface area is 90.9 Å². The molecule has 0 aromatic heterocycles. The summed E-state index contributed by atoms with van der Waals surface area (Å²) in [6, 6.07) is 0. The topological polar surface area (TPSA) is 57.5 Å². The van der Waals surface area contributed by atoms with Gasteiger partial charge in [-0.2, -0.15) is 13.2 Å². The molecular formula is C10H13F3O3. The van der Waals surface area contributed by atoms with Gasteiger partial charge in [0.25, 0.3) is 0 Å².